The van der Waals surface area contributed by atoms with Crippen LogP contribution in [-0.2, 0) is 14.8 Å². The average molecular weight is 460 g/mol. The number of aromatic nitrogens is 1. The number of furan rings is 1. The minimum atomic E-state index is -3.52. The van der Waals surface area contributed by atoms with Crippen LogP contribution in [-0.4, -0.2) is 42.0 Å². The van der Waals surface area contributed by atoms with Crippen LogP contribution in [0.1, 0.15) is 11.3 Å². The zero-order valence-corrected chi connectivity index (χ0v) is 18.7. The molecule has 0 atom stereocenters. The van der Waals surface area contributed by atoms with Gasteiger partial charge in [0.15, 0.2) is 0 Å². The molecule has 3 heterocycles. The van der Waals surface area contributed by atoms with Crippen LogP contribution in [0.5, 0.6) is 0 Å². The van der Waals surface area contributed by atoms with Gasteiger partial charge in [-0.2, -0.15) is 0 Å². The van der Waals surface area contributed by atoms with E-state index in [0.29, 0.717) is 20.6 Å². The molecule has 154 valence electrons. The number of aryl methyl sites for hydroxylation is 1. The number of sulfonamides is 1. The highest BCUT2D eigenvalue weighted by Crippen LogP contribution is 2.35. The molecule has 1 fully saturated rings. The average Bonchev–Trinajstić information content (AvgIpc) is 3.23. The molecule has 1 saturated heterocycles. The quantitative estimate of drug-likeness (QED) is 0.471. The van der Waals surface area contributed by atoms with Crippen LogP contribution in [0.3, 0.4) is 0 Å². The first-order valence-corrected chi connectivity index (χ1v) is 11.5. The Morgan fingerprint density at radius 1 is 1.20 bits per heavy atom. The van der Waals surface area contributed by atoms with E-state index in [0.717, 1.165) is 22.1 Å². The Balaban J connectivity index is 1.79. The fourth-order valence-corrected chi connectivity index (χ4v) is 5.12. The summed E-state index contributed by atoms with van der Waals surface area (Å²) in [5.41, 5.74) is 2.93. The number of pyridine rings is 1. The van der Waals surface area contributed by atoms with Crippen LogP contribution in [0.25, 0.3) is 28.2 Å². The molecule has 0 aliphatic carbocycles. The van der Waals surface area contributed by atoms with Gasteiger partial charge in [-0.3, -0.25) is 9.78 Å². The minimum Gasteiger partial charge on any atom is -0.456 e. The second-order valence-electron chi connectivity index (χ2n) is 6.87. The molecule has 1 aliphatic rings. The van der Waals surface area contributed by atoms with Gasteiger partial charge in [0.2, 0.25) is 10.0 Å². The molecule has 30 heavy (non-hydrogen) atoms. The van der Waals surface area contributed by atoms with E-state index in [1.165, 1.54) is 30.2 Å². The predicted octanol–water partition coefficient (Wildman–Crippen LogP) is 3.54. The number of amides is 1. The lowest BCUT2D eigenvalue weighted by atomic mass is 10.0. The summed E-state index contributed by atoms with van der Waals surface area (Å²) >= 11 is 6.19. The number of benzene rings is 1. The van der Waals surface area contributed by atoms with Gasteiger partial charge in [0.25, 0.3) is 5.91 Å². The maximum Gasteiger partial charge on any atom is 0.263 e. The van der Waals surface area contributed by atoms with Crippen molar-refractivity contribution >= 4 is 61.3 Å². The Bertz CT molecular complexity index is 1340. The van der Waals surface area contributed by atoms with Crippen molar-refractivity contribution in [2.24, 2.45) is 0 Å². The zero-order chi connectivity index (χ0) is 21.6. The molecule has 2 aromatic heterocycles. The number of nitrogens with one attached hydrogen (secondary N) is 1. The third-order valence-corrected chi connectivity index (χ3v) is 7.60. The maximum absolute atomic E-state index is 12.4. The summed E-state index contributed by atoms with van der Waals surface area (Å²) in [6.45, 7) is 1.84. The fraction of sp³-hybridized carbons (Fsp3) is 0.150. The van der Waals surface area contributed by atoms with Crippen molar-refractivity contribution in [1.29, 1.82) is 0 Å². The molecular formula is C20H17N3O4S3. The van der Waals surface area contributed by atoms with Crippen LogP contribution in [0.4, 0.5) is 0 Å². The highest BCUT2D eigenvalue weighted by atomic mass is 32.2. The molecule has 1 aliphatic heterocycles. The van der Waals surface area contributed by atoms with E-state index >= 15 is 0 Å². The Morgan fingerprint density at radius 3 is 2.60 bits per heavy atom. The molecule has 3 aromatic rings. The van der Waals surface area contributed by atoms with Gasteiger partial charge in [-0.25, -0.2) is 12.7 Å². The highest BCUT2D eigenvalue weighted by molar-refractivity contribution is 8.26. The van der Waals surface area contributed by atoms with Gasteiger partial charge in [-0.1, -0.05) is 30.0 Å². The van der Waals surface area contributed by atoms with E-state index < -0.39 is 10.0 Å². The third-order valence-electron chi connectivity index (χ3n) is 4.62. The maximum atomic E-state index is 12.4. The van der Waals surface area contributed by atoms with Crippen LogP contribution >= 0.6 is 24.0 Å². The third kappa shape index (κ3) is 3.67. The number of hydrogen-bond acceptors (Lipinski definition) is 7. The minimum absolute atomic E-state index is 0.221. The molecule has 7 nitrogen and oxygen atoms in total. The van der Waals surface area contributed by atoms with Crippen LogP contribution in [0.2, 0.25) is 0 Å². The number of thiocarbonyl (C=S) groups is 1. The van der Waals surface area contributed by atoms with E-state index in [2.05, 4.69) is 10.3 Å². The van der Waals surface area contributed by atoms with Crippen molar-refractivity contribution in [3.63, 3.8) is 0 Å². The summed E-state index contributed by atoms with van der Waals surface area (Å²) in [5, 5.41) is 3.34. The molecule has 10 heteroatoms. The van der Waals surface area contributed by atoms with Gasteiger partial charge in [0.05, 0.1) is 9.80 Å². The second kappa shape index (κ2) is 7.62. The topological polar surface area (TPSA) is 92.5 Å². The standard InChI is InChI=1S/C20H17N3O4S3/c1-11-6-14(30(25,26)23(2)3)4-5-15(11)16-10-21-9-12-7-13(27-18(12)16)8-17-19(24)22-20(28)29-17/h4-10H,1-3H3,(H,22,24,28)/b17-8+. The van der Waals surface area contributed by atoms with Crippen LogP contribution < -0.4 is 5.32 Å². The smallest absolute Gasteiger partial charge is 0.263 e. The number of thioether (sulfide) groups is 1. The molecule has 4 rings (SSSR count). The lowest BCUT2D eigenvalue weighted by molar-refractivity contribution is -0.115. The predicted molar refractivity (Wildman–Crippen MR) is 121 cm³/mol. The Labute approximate surface area is 183 Å². The molecule has 1 N–H and O–H groups in total. The summed E-state index contributed by atoms with van der Waals surface area (Å²) in [6, 6.07) is 6.76. The van der Waals surface area contributed by atoms with Crippen molar-refractivity contribution in [3.05, 3.63) is 52.9 Å². The van der Waals surface area contributed by atoms with E-state index in [1.54, 1.807) is 42.7 Å². The summed E-state index contributed by atoms with van der Waals surface area (Å²) in [7, 11) is -0.529. The summed E-state index contributed by atoms with van der Waals surface area (Å²) in [5.74, 6) is 0.253. The van der Waals surface area contributed by atoms with Crippen molar-refractivity contribution in [2.45, 2.75) is 11.8 Å². The molecule has 0 spiro atoms. The van der Waals surface area contributed by atoms with E-state index in [4.69, 9.17) is 16.6 Å². The zero-order valence-electron chi connectivity index (χ0n) is 16.3. The number of hydrogen-bond donors (Lipinski definition) is 1. The van der Waals surface area contributed by atoms with Crippen LogP contribution in [0, 0.1) is 6.92 Å². The van der Waals surface area contributed by atoms with Crippen molar-refractivity contribution in [3.8, 4) is 11.1 Å². The summed E-state index contributed by atoms with van der Waals surface area (Å²) < 4.78 is 32.4. The Hall–Kier alpha value is -2.53. The Kier molecular flexibility index (Phi) is 5.27. The fourth-order valence-electron chi connectivity index (χ4n) is 3.11. The molecular weight excluding hydrogens is 442 g/mol. The molecule has 0 saturated carbocycles. The summed E-state index contributed by atoms with van der Waals surface area (Å²) in [6.07, 6.45) is 5.00. The van der Waals surface area contributed by atoms with Gasteiger partial charge in [-0.05, 0) is 36.2 Å². The van der Waals surface area contributed by atoms with Crippen LogP contribution in [0.15, 0.2) is 50.9 Å². The SMILES string of the molecule is Cc1cc(S(=O)(=O)N(C)C)ccc1-c1cncc2cc(/C=C3/SC(=S)NC3=O)oc12. The molecule has 0 unspecified atom stereocenters. The first-order valence-electron chi connectivity index (χ1n) is 8.83. The van der Waals surface area contributed by atoms with Crippen molar-refractivity contribution < 1.29 is 17.6 Å². The van der Waals surface area contributed by atoms with E-state index in [9.17, 15) is 13.2 Å². The molecule has 0 bridgehead atoms. The Morgan fingerprint density at radius 2 is 1.97 bits per heavy atom. The number of carbonyl (C=O) groups excluding carboxylic acids is 1. The first kappa shape index (κ1) is 20.7. The second-order valence-corrected chi connectivity index (χ2v) is 10.7. The largest absolute Gasteiger partial charge is 0.456 e. The summed E-state index contributed by atoms with van der Waals surface area (Å²) in [4.78, 5) is 16.9. The number of fused-ring (bicyclic) bond motifs is 1. The van der Waals surface area contributed by atoms with Crippen molar-refractivity contribution in [1.82, 2.24) is 14.6 Å². The van der Waals surface area contributed by atoms with Crippen molar-refractivity contribution in [2.75, 3.05) is 14.1 Å². The van der Waals surface area contributed by atoms with Gasteiger partial charge < -0.3 is 9.73 Å². The number of rotatable bonds is 4. The van der Waals surface area contributed by atoms with Gasteiger partial charge in [0, 0.05) is 43.5 Å². The number of nitrogens with zero attached hydrogens (tertiary/aromatic N) is 2. The van der Waals surface area contributed by atoms with E-state index in [1.807, 2.05) is 6.92 Å². The monoisotopic (exact) mass is 459 g/mol. The lowest BCUT2D eigenvalue weighted by Crippen LogP contribution is -2.22. The molecule has 1 amide bonds. The normalized spacial score (nSPS) is 16.1. The van der Waals surface area contributed by atoms with Gasteiger partial charge >= 0.3 is 0 Å². The first-order chi connectivity index (χ1) is 14.2. The molecule has 0 radical (unpaired) electrons. The lowest BCUT2D eigenvalue weighted by Gasteiger charge is -2.13. The number of carbonyl (C=O) groups is 1. The van der Waals surface area contributed by atoms with E-state index in [-0.39, 0.29) is 10.8 Å². The highest BCUT2D eigenvalue weighted by Gasteiger charge is 2.23. The van der Waals surface area contributed by atoms with Gasteiger partial charge in [0.1, 0.15) is 15.7 Å². The molecule has 1 aromatic carbocycles. The van der Waals surface area contributed by atoms with Gasteiger partial charge in [-0.15, -0.1) is 0 Å².